The van der Waals surface area contributed by atoms with Gasteiger partial charge in [0.2, 0.25) is 0 Å². The van der Waals surface area contributed by atoms with E-state index in [0.29, 0.717) is 36.8 Å². The predicted octanol–water partition coefficient (Wildman–Crippen LogP) is 1.14. The van der Waals surface area contributed by atoms with E-state index in [4.69, 9.17) is 0 Å². The Hall–Kier alpha value is -2.44. The van der Waals surface area contributed by atoms with Gasteiger partial charge < -0.3 is 4.90 Å². The third kappa shape index (κ3) is 3.18. The molecule has 7 heteroatoms. The van der Waals surface area contributed by atoms with Gasteiger partial charge in [0.15, 0.2) is 0 Å². The lowest BCUT2D eigenvalue weighted by atomic mass is 9.96. The van der Waals surface area contributed by atoms with Crippen molar-refractivity contribution in [2.24, 2.45) is 5.92 Å². The van der Waals surface area contributed by atoms with Gasteiger partial charge >= 0.3 is 0 Å². The monoisotopic (exact) mass is 315 g/mol. The largest absolute Gasteiger partial charge is 0.337 e. The van der Waals surface area contributed by atoms with Crippen LogP contribution in [0.25, 0.3) is 0 Å². The summed E-state index contributed by atoms with van der Waals surface area (Å²) in [7, 11) is 0. The number of likely N-dealkylation sites (tertiary alicyclic amines) is 1. The second kappa shape index (κ2) is 6.36. The standard InChI is InChI=1S/C16H21N5O2/c1-11-12(2)17-10-21(15(11)22)9-13-4-7-20(8-5-13)16(23)14-3-6-18-19-14/h3,6,10,13H,4-5,7-9H2,1-2H3,(H,18,19). The van der Waals surface area contributed by atoms with E-state index >= 15 is 0 Å². The van der Waals surface area contributed by atoms with Crippen molar-refractivity contribution in [1.82, 2.24) is 24.6 Å². The summed E-state index contributed by atoms with van der Waals surface area (Å²) < 4.78 is 1.69. The Labute approximate surface area is 134 Å². The summed E-state index contributed by atoms with van der Waals surface area (Å²) >= 11 is 0. The van der Waals surface area contributed by atoms with Crippen molar-refractivity contribution >= 4 is 5.91 Å². The number of carbonyl (C=O) groups is 1. The normalized spacial score (nSPS) is 15.8. The molecule has 1 aliphatic heterocycles. The number of H-pyrrole nitrogens is 1. The highest BCUT2D eigenvalue weighted by Gasteiger charge is 2.24. The Morgan fingerprint density at radius 2 is 2.09 bits per heavy atom. The molecule has 23 heavy (non-hydrogen) atoms. The minimum Gasteiger partial charge on any atom is -0.337 e. The van der Waals surface area contributed by atoms with Gasteiger partial charge in [0, 0.05) is 37.1 Å². The molecule has 2 aromatic heterocycles. The van der Waals surface area contributed by atoms with Gasteiger partial charge in [-0.15, -0.1) is 0 Å². The molecule has 1 amide bonds. The first-order valence-corrected chi connectivity index (χ1v) is 7.87. The van der Waals surface area contributed by atoms with Crippen LogP contribution in [0.15, 0.2) is 23.4 Å². The van der Waals surface area contributed by atoms with E-state index in [9.17, 15) is 9.59 Å². The van der Waals surface area contributed by atoms with Gasteiger partial charge in [-0.25, -0.2) is 4.98 Å². The molecule has 0 bridgehead atoms. The molecule has 0 aliphatic carbocycles. The number of nitrogens with one attached hydrogen (secondary N) is 1. The Kier molecular flexibility index (Phi) is 4.27. The van der Waals surface area contributed by atoms with Crippen molar-refractivity contribution in [2.45, 2.75) is 33.2 Å². The van der Waals surface area contributed by atoms with Crippen LogP contribution in [0.2, 0.25) is 0 Å². The minimum absolute atomic E-state index is 0.00837. The summed E-state index contributed by atoms with van der Waals surface area (Å²) in [6, 6.07) is 1.69. The van der Waals surface area contributed by atoms with Crippen molar-refractivity contribution in [1.29, 1.82) is 0 Å². The number of carbonyl (C=O) groups excluding carboxylic acids is 1. The summed E-state index contributed by atoms with van der Waals surface area (Å²) in [5.41, 5.74) is 2.05. The van der Waals surface area contributed by atoms with Crippen LogP contribution >= 0.6 is 0 Å². The highest BCUT2D eigenvalue weighted by atomic mass is 16.2. The van der Waals surface area contributed by atoms with E-state index in [2.05, 4.69) is 15.2 Å². The quantitative estimate of drug-likeness (QED) is 0.920. The molecule has 0 radical (unpaired) electrons. The van der Waals surface area contributed by atoms with Gasteiger partial charge in [0.1, 0.15) is 5.69 Å². The number of aromatic amines is 1. The lowest BCUT2D eigenvalue weighted by molar-refractivity contribution is 0.0676. The lowest BCUT2D eigenvalue weighted by Crippen LogP contribution is -2.40. The van der Waals surface area contributed by atoms with Crippen LogP contribution in [0.5, 0.6) is 0 Å². The van der Waals surface area contributed by atoms with Gasteiger partial charge in [0.05, 0.1) is 6.33 Å². The SMILES string of the molecule is Cc1ncn(CC2CCN(C(=O)c3ccn[nH]3)CC2)c(=O)c1C. The lowest BCUT2D eigenvalue weighted by Gasteiger charge is -2.31. The number of hydrogen-bond donors (Lipinski definition) is 1. The molecule has 0 spiro atoms. The van der Waals surface area contributed by atoms with E-state index in [1.54, 1.807) is 23.2 Å². The number of aryl methyl sites for hydroxylation is 1. The first kappa shape index (κ1) is 15.5. The maximum Gasteiger partial charge on any atom is 0.271 e. The minimum atomic E-state index is -0.00837. The Bertz CT molecular complexity index is 742. The van der Waals surface area contributed by atoms with E-state index in [1.807, 2.05) is 18.7 Å². The topological polar surface area (TPSA) is 83.9 Å². The van der Waals surface area contributed by atoms with Crippen LogP contribution in [0.3, 0.4) is 0 Å². The number of rotatable bonds is 3. The molecule has 7 nitrogen and oxygen atoms in total. The molecule has 122 valence electrons. The molecule has 1 saturated heterocycles. The molecule has 0 atom stereocenters. The Balaban J connectivity index is 1.61. The van der Waals surface area contributed by atoms with Gasteiger partial charge in [-0.05, 0) is 38.7 Å². The first-order chi connectivity index (χ1) is 11.1. The average molecular weight is 315 g/mol. The molecule has 0 aromatic carbocycles. The van der Waals surface area contributed by atoms with Gasteiger partial charge in [0.25, 0.3) is 11.5 Å². The molecule has 1 aliphatic rings. The van der Waals surface area contributed by atoms with Crippen LogP contribution in [0.4, 0.5) is 0 Å². The molecule has 0 saturated carbocycles. The summed E-state index contributed by atoms with van der Waals surface area (Å²) in [4.78, 5) is 30.6. The zero-order valence-corrected chi connectivity index (χ0v) is 13.5. The third-order valence-corrected chi connectivity index (χ3v) is 4.60. The third-order valence-electron chi connectivity index (χ3n) is 4.60. The Morgan fingerprint density at radius 1 is 1.35 bits per heavy atom. The summed E-state index contributed by atoms with van der Waals surface area (Å²) in [6.45, 7) is 5.73. The number of aromatic nitrogens is 4. The van der Waals surface area contributed by atoms with Crippen molar-refractivity contribution in [3.05, 3.63) is 45.9 Å². The van der Waals surface area contributed by atoms with Gasteiger partial charge in [-0.3, -0.25) is 19.3 Å². The molecular weight excluding hydrogens is 294 g/mol. The van der Waals surface area contributed by atoms with Crippen LogP contribution in [0, 0.1) is 19.8 Å². The number of piperidine rings is 1. The second-order valence-corrected chi connectivity index (χ2v) is 6.12. The van der Waals surface area contributed by atoms with E-state index in [0.717, 1.165) is 18.5 Å². The first-order valence-electron chi connectivity index (χ1n) is 7.87. The molecule has 1 N–H and O–H groups in total. The van der Waals surface area contributed by atoms with Crippen LogP contribution in [-0.4, -0.2) is 43.6 Å². The molecule has 1 fully saturated rings. The van der Waals surface area contributed by atoms with Gasteiger partial charge in [-0.1, -0.05) is 0 Å². The van der Waals surface area contributed by atoms with Crippen LogP contribution in [-0.2, 0) is 6.54 Å². The van der Waals surface area contributed by atoms with Crippen molar-refractivity contribution < 1.29 is 4.79 Å². The van der Waals surface area contributed by atoms with Crippen molar-refractivity contribution in [3.8, 4) is 0 Å². The van der Waals surface area contributed by atoms with E-state index < -0.39 is 0 Å². The zero-order chi connectivity index (χ0) is 16.4. The molecule has 2 aromatic rings. The highest BCUT2D eigenvalue weighted by Crippen LogP contribution is 2.20. The molecular formula is C16H21N5O2. The van der Waals surface area contributed by atoms with Gasteiger partial charge in [-0.2, -0.15) is 5.10 Å². The van der Waals surface area contributed by atoms with Crippen molar-refractivity contribution in [2.75, 3.05) is 13.1 Å². The summed E-state index contributed by atoms with van der Waals surface area (Å²) in [6.07, 6.45) is 4.99. The van der Waals surface area contributed by atoms with E-state index in [-0.39, 0.29) is 11.5 Å². The maximum absolute atomic E-state index is 12.3. The predicted molar refractivity (Wildman–Crippen MR) is 85.2 cm³/mol. The number of amides is 1. The van der Waals surface area contributed by atoms with Crippen LogP contribution in [0.1, 0.15) is 34.6 Å². The fourth-order valence-corrected chi connectivity index (χ4v) is 2.95. The van der Waals surface area contributed by atoms with Crippen LogP contribution < -0.4 is 5.56 Å². The molecule has 0 unspecified atom stereocenters. The summed E-state index contributed by atoms with van der Waals surface area (Å²) in [5.74, 6) is 0.383. The Morgan fingerprint density at radius 3 is 2.74 bits per heavy atom. The zero-order valence-electron chi connectivity index (χ0n) is 13.5. The smallest absolute Gasteiger partial charge is 0.271 e. The second-order valence-electron chi connectivity index (χ2n) is 6.12. The number of nitrogens with zero attached hydrogens (tertiary/aromatic N) is 4. The number of hydrogen-bond acceptors (Lipinski definition) is 4. The fourth-order valence-electron chi connectivity index (χ4n) is 2.95. The average Bonchev–Trinajstić information content (AvgIpc) is 3.10. The summed E-state index contributed by atoms with van der Waals surface area (Å²) in [5, 5.41) is 6.53. The molecule has 3 heterocycles. The fraction of sp³-hybridized carbons (Fsp3) is 0.500. The maximum atomic E-state index is 12.3. The molecule has 3 rings (SSSR count). The van der Waals surface area contributed by atoms with E-state index in [1.165, 1.54) is 0 Å². The highest BCUT2D eigenvalue weighted by molar-refractivity contribution is 5.92. The van der Waals surface area contributed by atoms with Crippen molar-refractivity contribution in [3.63, 3.8) is 0 Å².